The lowest BCUT2D eigenvalue weighted by Gasteiger charge is -2.14. The fraction of sp³-hybridized carbons (Fsp3) is 0.353. The lowest BCUT2D eigenvalue weighted by Crippen LogP contribution is -2.38. The smallest absolute Gasteiger partial charge is 0.332 e. The van der Waals surface area contributed by atoms with Crippen LogP contribution in [0.1, 0.15) is 5.56 Å². The predicted molar refractivity (Wildman–Crippen MR) is 92.9 cm³/mol. The summed E-state index contributed by atoms with van der Waals surface area (Å²) in [5.41, 5.74) is 0.754. The van der Waals surface area contributed by atoms with Crippen LogP contribution in [-0.2, 0) is 20.6 Å². The van der Waals surface area contributed by atoms with E-state index in [1.807, 2.05) is 31.2 Å². The predicted octanol–water partition coefficient (Wildman–Crippen LogP) is 0.182. The molecule has 0 saturated heterocycles. The van der Waals surface area contributed by atoms with E-state index < -0.39 is 17.4 Å². The molecule has 0 bridgehead atoms. The fourth-order valence-electron chi connectivity index (χ4n) is 2.71. The van der Waals surface area contributed by atoms with Crippen molar-refractivity contribution in [3.63, 3.8) is 0 Å². The lowest BCUT2D eigenvalue weighted by molar-refractivity contribution is 0.0933. The second-order valence-electron chi connectivity index (χ2n) is 6.06. The fourth-order valence-corrected chi connectivity index (χ4v) is 2.71. The van der Waals surface area contributed by atoms with Crippen LogP contribution < -0.4 is 16.0 Å². The maximum Gasteiger partial charge on any atom is 0.332 e. The summed E-state index contributed by atoms with van der Waals surface area (Å²) in [6.45, 7) is 2.17. The van der Waals surface area contributed by atoms with Crippen molar-refractivity contribution in [1.82, 2.24) is 18.7 Å². The molecular formula is C17H20N4O4. The van der Waals surface area contributed by atoms with Crippen molar-refractivity contribution in [3.05, 3.63) is 57.0 Å². The Hall–Kier alpha value is -2.87. The number of aliphatic hydroxyl groups is 1. The number of rotatable bonds is 5. The molecule has 0 radical (unpaired) electrons. The van der Waals surface area contributed by atoms with Gasteiger partial charge in [0.05, 0.1) is 12.9 Å². The topological polar surface area (TPSA) is 91.3 Å². The largest absolute Gasteiger partial charge is 0.491 e. The highest BCUT2D eigenvalue weighted by atomic mass is 16.5. The first-order valence-electron chi connectivity index (χ1n) is 7.87. The Morgan fingerprint density at radius 3 is 2.72 bits per heavy atom. The molecule has 132 valence electrons. The van der Waals surface area contributed by atoms with Gasteiger partial charge in [0.15, 0.2) is 11.2 Å². The van der Waals surface area contributed by atoms with E-state index in [0.717, 1.165) is 10.1 Å². The van der Waals surface area contributed by atoms with Crippen LogP contribution in [0, 0.1) is 6.92 Å². The second-order valence-corrected chi connectivity index (χ2v) is 6.06. The molecule has 8 heteroatoms. The number of aliphatic hydroxyl groups excluding tert-OH is 1. The van der Waals surface area contributed by atoms with Gasteiger partial charge in [-0.25, -0.2) is 9.78 Å². The number of aryl methyl sites for hydroxylation is 2. The van der Waals surface area contributed by atoms with Crippen LogP contribution in [0.25, 0.3) is 11.2 Å². The van der Waals surface area contributed by atoms with Crippen molar-refractivity contribution in [2.45, 2.75) is 19.6 Å². The Morgan fingerprint density at radius 2 is 2.00 bits per heavy atom. The van der Waals surface area contributed by atoms with Crippen molar-refractivity contribution in [2.24, 2.45) is 14.1 Å². The maximum atomic E-state index is 12.4. The Morgan fingerprint density at radius 1 is 1.24 bits per heavy atom. The number of fused-ring (bicyclic) bond motifs is 1. The molecule has 0 fully saturated rings. The summed E-state index contributed by atoms with van der Waals surface area (Å²) >= 11 is 0. The first-order valence-corrected chi connectivity index (χ1v) is 7.87. The zero-order chi connectivity index (χ0) is 18.1. The second kappa shape index (κ2) is 6.56. The van der Waals surface area contributed by atoms with Gasteiger partial charge >= 0.3 is 5.69 Å². The molecule has 25 heavy (non-hydrogen) atoms. The number of aromatic nitrogens is 4. The van der Waals surface area contributed by atoms with E-state index in [9.17, 15) is 14.7 Å². The normalized spacial score (nSPS) is 12.5. The van der Waals surface area contributed by atoms with Crippen LogP contribution in [0.4, 0.5) is 0 Å². The summed E-state index contributed by atoms with van der Waals surface area (Å²) in [7, 11) is 2.97. The molecule has 0 saturated carbocycles. The third-order valence-electron chi connectivity index (χ3n) is 4.06. The van der Waals surface area contributed by atoms with E-state index in [4.69, 9.17) is 4.74 Å². The average Bonchev–Trinajstić information content (AvgIpc) is 3.00. The van der Waals surface area contributed by atoms with Crippen molar-refractivity contribution in [1.29, 1.82) is 0 Å². The average molecular weight is 344 g/mol. The van der Waals surface area contributed by atoms with Gasteiger partial charge in [-0.3, -0.25) is 13.9 Å². The standard InChI is InChI=1S/C17H20N4O4/c1-11-5-4-6-13(7-11)25-9-12(22)8-21-10-18-15-14(21)16(23)20(3)17(24)19(15)2/h4-7,10,12,22H,8-9H2,1-3H3. The number of imidazole rings is 1. The molecule has 0 amide bonds. The molecule has 1 atom stereocenters. The molecule has 1 N–H and O–H groups in total. The minimum absolute atomic E-state index is 0.0786. The Bertz CT molecular complexity index is 1030. The van der Waals surface area contributed by atoms with Crippen LogP contribution in [-0.4, -0.2) is 36.5 Å². The van der Waals surface area contributed by atoms with Gasteiger partial charge in [-0.05, 0) is 24.6 Å². The highest BCUT2D eigenvalue weighted by molar-refractivity contribution is 5.69. The molecular weight excluding hydrogens is 324 g/mol. The van der Waals surface area contributed by atoms with E-state index >= 15 is 0 Å². The molecule has 0 aliphatic rings. The minimum atomic E-state index is -0.833. The van der Waals surface area contributed by atoms with Gasteiger partial charge in [0.2, 0.25) is 0 Å². The van der Waals surface area contributed by atoms with Crippen LogP contribution >= 0.6 is 0 Å². The Labute approximate surface area is 143 Å². The molecule has 0 aliphatic heterocycles. The third kappa shape index (κ3) is 3.20. The van der Waals surface area contributed by atoms with Crippen molar-refractivity contribution < 1.29 is 9.84 Å². The summed E-state index contributed by atoms with van der Waals surface area (Å²) in [5.74, 6) is 0.674. The molecule has 0 spiro atoms. The number of benzene rings is 1. The summed E-state index contributed by atoms with van der Waals surface area (Å²) in [6, 6.07) is 7.54. The highest BCUT2D eigenvalue weighted by Crippen LogP contribution is 2.13. The SMILES string of the molecule is Cc1cccc(OCC(O)Cn2cnc3c2c(=O)n(C)c(=O)n3C)c1. The molecule has 1 unspecified atom stereocenters. The number of nitrogens with zero attached hydrogens (tertiary/aromatic N) is 4. The van der Waals surface area contributed by atoms with Gasteiger partial charge in [-0.1, -0.05) is 12.1 Å². The van der Waals surface area contributed by atoms with Gasteiger partial charge in [-0.15, -0.1) is 0 Å². The molecule has 2 aromatic heterocycles. The quantitative estimate of drug-likeness (QED) is 0.713. The van der Waals surface area contributed by atoms with Crippen LogP contribution in [0.15, 0.2) is 40.2 Å². The maximum absolute atomic E-state index is 12.4. The van der Waals surface area contributed by atoms with Crippen LogP contribution in [0.3, 0.4) is 0 Å². The van der Waals surface area contributed by atoms with Gasteiger partial charge in [0, 0.05) is 14.1 Å². The number of ether oxygens (including phenoxy) is 1. The molecule has 2 heterocycles. The number of hydrogen-bond acceptors (Lipinski definition) is 5. The van der Waals surface area contributed by atoms with E-state index in [0.29, 0.717) is 11.4 Å². The minimum Gasteiger partial charge on any atom is -0.491 e. The molecule has 0 aliphatic carbocycles. The van der Waals surface area contributed by atoms with Crippen LogP contribution in [0.2, 0.25) is 0 Å². The van der Waals surface area contributed by atoms with Gasteiger partial charge in [0.25, 0.3) is 5.56 Å². The highest BCUT2D eigenvalue weighted by Gasteiger charge is 2.16. The zero-order valence-corrected chi connectivity index (χ0v) is 14.3. The molecule has 3 aromatic rings. The van der Waals surface area contributed by atoms with Crippen molar-refractivity contribution in [3.8, 4) is 5.75 Å². The van der Waals surface area contributed by atoms with E-state index in [2.05, 4.69) is 4.98 Å². The lowest BCUT2D eigenvalue weighted by atomic mass is 10.2. The van der Waals surface area contributed by atoms with Crippen molar-refractivity contribution in [2.75, 3.05) is 6.61 Å². The third-order valence-corrected chi connectivity index (χ3v) is 4.06. The van der Waals surface area contributed by atoms with Gasteiger partial charge in [-0.2, -0.15) is 0 Å². The monoisotopic (exact) mass is 344 g/mol. The first kappa shape index (κ1) is 17.0. The van der Waals surface area contributed by atoms with E-state index in [1.54, 1.807) is 11.6 Å². The Kier molecular flexibility index (Phi) is 4.45. The van der Waals surface area contributed by atoms with E-state index in [1.165, 1.54) is 17.9 Å². The van der Waals surface area contributed by atoms with Crippen molar-refractivity contribution >= 4 is 11.2 Å². The van der Waals surface area contributed by atoms with Gasteiger partial charge in [0.1, 0.15) is 18.5 Å². The van der Waals surface area contributed by atoms with Crippen LogP contribution in [0.5, 0.6) is 5.75 Å². The molecule has 1 aromatic carbocycles. The first-order chi connectivity index (χ1) is 11.9. The van der Waals surface area contributed by atoms with E-state index in [-0.39, 0.29) is 18.7 Å². The van der Waals surface area contributed by atoms with Gasteiger partial charge < -0.3 is 14.4 Å². The zero-order valence-electron chi connectivity index (χ0n) is 14.3. The number of hydrogen-bond donors (Lipinski definition) is 1. The molecule has 3 rings (SSSR count). The summed E-state index contributed by atoms with van der Waals surface area (Å²) < 4.78 is 9.46. The summed E-state index contributed by atoms with van der Waals surface area (Å²) in [5, 5.41) is 10.2. The summed E-state index contributed by atoms with van der Waals surface area (Å²) in [6.07, 6.45) is 0.612. The molecule has 8 nitrogen and oxygen atoms in total. The Balaban J connectivity index is 1.81. The summed E-state index contributed by atoms with van der Waals surface area (Å²) in [4.78, 5) is 28.4.